The average Bonchev–Trinajstić information content (AvgIpc) is 2.63. The number of amides is 1. The number of carbonyl (C=O) groups is 3. The van der Waals surface area contributed by atoms with E-state index in [-0.39, 0.29) is 30.4 Å². The van der Waals surface area contributed by atoms with Crippen LogP contribution in [0, 0.1) is 5.82 Å². The van der Waals surface area contributed by atoms with E-state index < -0.39 is 43.4 Å². The van der Waals surface area contributed by atoms with Crippen LogP contribution in [0.5, 0.6) is 5.75 Å². The Labute approximate surface area is 165 Å². The highest BCUT2D eigenvalue weighted by Crippen LogP contribution is 2.32. The van der Waals surface area contributed by atoms with Crippen molar-refractivity contribution in [2.24, 2.45) is 0 Å². The summed E-state index contributed by atoms with van der Waals surface area (Å²) in [7, 11) is -1.48. The Balaban J connectivity index is 2.11. The quantitative estimate of drug-likeness (QED) is 0.380. The number of benzene rings is 1. The summed E-state index contributed by atoms with van der Waals surface area (Å²) in [5.74, 6) is -3.11. The minimum atomic E-state index is -1.48. The zero-order valence-corrected chi connectivity index (χ0v) is 16.0. The molecular formula is C16H19BFNO8S. The standard InChI is InChI=1S/C16H19BFNO8S/c1-3-24-16(22)26-8-25-15(21)13-10(18)5-4-9-6-11(17(23)27-14(9)13)19-12(20)7-28-2/h4-5,11,23H,3,6-8H2,1-2H3,(H,19,20). The molecule has 0 bridgehead atoms. The van der Waals surface area contributed by atoms with Gasteiger partial charge in [0.05, 0.1) is 18.3 Å². The summed E-state index contributed by atoms with van der Waals surface area (Å²) >= 11 is 1.32. The maximum Gasteiger partial charge on any atom is 0.547 e. The zero-order valence-electron chi connectivity index (χ0n) is 15.2. The van der Waals surface area contributed by atoms with Crippen molar-refractivity contribution in [3.05, 3.63) is 29.1 Å². The molecule has 0 radical (unpaired) electrons. The molecule has 1 unspecified atom stereocenters. The number of fused-ring (bicyclic) bond motifs is 1. The van der Waals surface area contributed by atoms with Crippen LogP contribution in [-0.4, -0.2) is 61.5 Å². The van der Waals surface area contributed by atoms with Crippen LogP contribution in [0.3, 0.4) is 0 Å². The van der Waals surface area contributed by atoms with Crippen LogP contribution in [0.2, 0.25) is 0 Å². The highest BCUT2D eigenvalue weighted by molar-refractivity contribution is 7.99. The van der Waals surface area contributed by atoms with Crippen molar-refractivity contribution in [2.75, 3.05) is 25.4 Å². The lowest BCUT2D eigenvalue weighted by Crippen LogP contribution is -2.53. The van der Waals surface area contributed by atoms with Gasteiger partial charge in [-0.05, 0) is 31.2 Å². The van der Waals surface area contributed by atoms with Gasteiger partial charge in [-0.2, -0.15) is 11.8 Å². The molecule has 2 N–H and O–H groups in total. The molecule has 1 atom stereocenters. The lowest BCUT2D eigenvalue weighted by molar-refractivity contribution is -0.119. The molecule has 28 heavy (non-hydrogen) atoms. The number of hydrogen-bond acceptors (Lipinski definition) is 9. The van der Waals surface area contributed by atoms with Gasteiger partial charge in [-0.25, -0.2) is 14.0 Å². The third kappa shape index (κ3) is 5.52. The minimum absolute atomic E-state index is 0.0774. The van der Waals surface area contributed by atoms with Crippen LogP contribution in [0.25, 0.3) is 0 Å². The van der Waals surface area contributed by atoms with Crippen molar-refractivity contribution < 1.29 is 42.7 Å². The minimum Gasteiger partial charge on any atom is -0.534 e. The molecule has 0 saturated heterocycles. The predicted molar refractivity (Wildman–Crippen MR) is 97.4 cm³/mol. The Kier molecular flexibility index (Phi) is 7.94. The van der Waals surface area contributed by atoms with E-state index in [1.54, 1.807) is 13.2 Å². The van der Waals surface area contributed by atoms with E-state index in [4.69, 9.17) is 9.39 Å². The number of ether oxygens (including phenoxy) is 3. The molecule has 1 aliphatic heterocycles. The Morgan fingerprint density at radius 1 is 1.36 bits per heavy atom. The molecule has 12 heteroatoms. The first-order valence-electron chi connectivity index (χ1n) is 8.28. The molecule has 1 heterocycles. The first-order chi connectivity index (χ1) is 13.4. The zero-order chi connectivity index (χ0) is 20.7. The first-order valence-corrected chi connectivity index (χ1v) is 9.67. The largest absolute Gasteiger partial charge is 0.547 e. The van der Waals surface area contributed by atoms with E-state index in [9.17, 15) is 23.8 Å². The molecule has 1 aliphatic rings. The molecule has 0 aliphatic carbocycles. The number of thioether (sulfide) groups is 1. The summed E-state index contributed by atoms with van der Waals surface area (Å²) in [6.07, 6.45) is 0.840. The third-order valence-corrected chi connectivity index (χ3v) is 4.22. The lowest BCUT2D eigenvalue weighted by atomic mass is 9.72. The number of rotatable bonds is 7. The van der Waals surface area contributed by atoms with Gasteiger partial charge in [-0.1, -0.05) is 6.07 Å². The van der Waals surface area contributed by atoms with Crippen molar-refractivity contribution >= 4 is 36.9 Å². The maximum absolute atomic E-state index is 14.2. The van der Waals surface area contributed by atoms with Crippen LogP contribution in [0.1, 0.15) is 22.8 Å². The third-order valence-electron chi connectivity index (χ3n) is 3.67. The highest BCUT2D eigenvalue weighted by atomic mass is 32.2. The Bertz CT molecular complexity index is 750. The topological polar surface area (TPSA) is 120 Å². The predicted octanol–water partition coefficient (Wildman–Crippen LogP) is 0.916. The maximum atomic E-state index is 14.2. The average molecular weight is 415 g/mol. The molecule has 1 aromatic carbocycles. The molecule has 2 rings (SSSR count). The SMILES string of the molecule is CCOC(=O)OCOC(=O)c1c(F)ccc2c1OB(O)C(NC(=O)CSC)C2. The molecule has 0 fully saturated rings. The summed E-state index contributed by atoms with van der Waals surface area (Å²) in [6, 6.07) is 2.43. The highest BCUT2D eigenvalue weighted by Gasteiger charge is 2.39. The normalized spacial score (nSPS) is 15.1. The fourth-order valence-corrected chi connectivity index (χ4v) is 2.84. The Morgan fingerprint density at radius 3 is 2.79 bits per heavy atom. The molecule has 0 saturated carbocycles. The van der Waals surface area contributed by atoms with E-state index in [0.717, 1.165) is 6.07 Å². The molecule has 1 amide bonds. The molecule has 9 nitrogen and oxygen atoms in total. The van der Waals surface area contributed by atoms with Crippen molar-refractivity contribution in [1.82, 2.24) is 5.32 Å². The van der Waals surface area contributed by atoms with Crippen LogP contribution in [-0.2, 0) is 25.4 Å². The van der Waals surface area contributed by atoms with Gasteiger partial charge in [0.15, 0.2) is 0 Å². The number of hydrogen-bond donors (Lipinski definition) is 2. The number of halogens is 1. The molecule has 0 spiro atoms. The number of esters is 1. The summed E-state index contributed by atoms with van der Waals surface area (Å²) in [4.78, 5) is 35.0. The Hall–Kier alpha value is -2.47. The van der Waals surface area contributed by atoms with Crippen molar-refractivity contribution in [3.63, 3.8) is 0 Å². The van der Waals surface area contributed by atoms with Crippen molar-refractivity contribution in [1.29, 1.82) is 0 Å². The molecule has 1 aromatic rings. The van der Waals surface area contributed by atoms with E-state index in [1.165, 1.54) is 17.8 Å². The van der Waals surface area contributed by atoms with Crippen LogP contribution in [0.15, 0.2) is 12.1 Å². The second-order valence-electron chi connectivity index (χ2n) is 5.61. The van der Waals surface area contributed by atoms with Gasteiger partial charge in [-0.15, -0.1) is 0 Å². The summed E-state index contributed by atoms with van der Waals surface area (Å²) in [5.41, 5.74) is -0.141. The van der Waals surface area contributed by atoms with Crippen LogP contribution < -0.4 is 9.97 Å². The number of carbonyl (C=O) groups excluding carboxylic acids is 3. The van der Waals surface area contributed by atoms with Crippen LogP contribution >= 0.6 is 11.8 Å². The van der Waals surface area contributed by atoms with Gasteiger partial charge in [0.2, 0.25) is 12.7 Å². The summed E-state index contributed by atoms with van der Waals surface area (Å²) in [5, 5.41) is 12.8. The van der Waals surface area contributed by atoms with Gasteiger partial charge in [0.1, 0.15) is 17.1 Å². The first kappa shape index (κ1) is 21.8. The van der Waals surface area contributed by atoms with Gasteiger partial charge in [0, 0.05) is 0 Å². The fourth-order valence-electron chi connectivity index (χ4n) is 2.49. The summed E-state index contributed by atoms with van der Waals surface area (Å²) < 4.78 is 33.2. The van der Waals surface area contributed by atoms with Crippen molar-refractivity contribution in [2.45, 2.75) is 19.3 Å². The van der Waals surface area contributed by atoms with E-state index in [2.05, 4.69) is 14.8 Å². The van der Waals surface area contributed by atoms with Crippen molar-refractivity contribution in [3.8, 4) is 5.75 Å². The van der Waals surface area contributed by atoms with Gasteiger partial charge >= 0.3 is 19.2 Å². The molecular weight excluding hydrogens is 396 g/mol. The van der Waals surface area contributed by atoms with Crippen LogP contribution in [0.4, 0.5) is 9.18 Å². The summed E-state index contributed by atoms with van der Waals surface area (Å²) in [6.45, 7) is 0.864. The molecule has 0 aromatic heterocycles. The second-order valence-corrected chi connectivity index (χ2v) is 6.47. The van der Waals surface area contributed by atoms with E-state index >= 15 is 0 Å². The monoisotopic (exact) mass is 415 g/mol. The van der Waals surface area contributed by atoms with Gasteiger partial charge < -0.3 is 29.2 Å². The Morgan fingerprint density at radius 2 is 2.11 bits per heavy atom. The number of nitrogens with one attached hydrogen (secondary N) is 1. The van der Waals surface area contributed by atoms with E-state index in [1.807, 2.05) is 0 Å². The van der Waals surface area contributed by atoms with E-state index in [0.29, 0.717) is 5.56 Å². The molecule has 152 valence electrons. The second kappa shape index (κ2) is 10.2. The smallest absolute Gasteiger partial charge is 0.534 e. The van der Waals surface area contributed by atoms with Gasteiger partial charge in [-0.3, -0.25) is 4.79 Å². The van der Waals surface area contributed by atoms with Gasteiger partial charge in [0.25, 0.3) is 0 Å². The fraction of sp³-hybridized carbons (Fsp3) is 0.438. The lowest BCUT2D eigenvalue weighted by Gasteiger charge is -2.29.